The third-order valence-electron chi connectivity index (χ3n) is 2.24. The number of rotatable bonds is 9. The van der Waals surface area contributed by atoms with Crippen LogP contribution in [0.1, 0.15) is 25.7 Å². The lowest BCUT2D eigenvalue weighted by Gasteiger charge is -2.02. The van der Waals surface area contributed by atoms with Gasteiger partial charge in [-0.25, -0.2) is 14.4 Å². The van der Waals surface area contributed by atoms with Crippen LogP contribution in [0, 0.1) is 0 Å². The Morgan fingerprint density at radius 1 is 1.21 bits per heavy atom. The zero-order valence-electron chi connectivity index (χ0n) is 10.9. The Kier molecular flexibility index (Phi) is 8.78. The van der Waals surface area contributed by atoms with Gasteiger partial charge < -0.3 is 14.6 Å². The first kappa shape index (κ1) is 16.9. The van der Waals surface area contributed by atoms with E-state index >= 15 is 0 Å². The van der Waals surface area contributed by atoms with E-state index in [4.69, 9.17) is 9.84 Å². The van der Waals surface area contributed by atoms with Gasteiger partial charge in [0.2, 0.25) is 0 Å². The van der Waals surface area contributed by atoms with Gasteiger partial charge in [0.05, 0.1) is 13.7 Å². The largest absolute Gasteiger partial charge is 0.477 e. The Bertz CT molecular complexity index is 369. The Morgan fingerprint density at radius 2 is 1.89 bits per heavy atom. The Hall–Kier alpha value is -2.11. The molecule has 0 bridgehead atoms. The van der Waals surface area contributed by atoms with Crippen molar-refractivity contribution in [2.45, 2.75) is 25.7 Å². The third-order valence-corrected chi connectivity index (χ3v) is 2.24. The van der Waals surface area contributed by atoms with E-state index in [-0.39, 0.29) is 5.57 Å². The summed E-state index contributed by atoms with van der Waals surface area (Å²) in [7, 11) is 1.13. The summed E-state index contributed by atoms with van der Waals surface area (Å²) in [5.41, 5.74) is -0.361. The minimum Gasteiger partial charge on any atom is -0.477 e. The number of aliphatic carboxylic acids is 1. The van der Waals surface area contributed by atoms with Crippen LogP contribution < -0.4 is 0 Å². The molecule has 0 atom stereocenters. The molecule has 0 aromatic heterocycles. The first-order valence-corrected chi connectivity index (χ1v) is 5.83. The molecule has 0 rings (SSSR count). The van der Waals surface area contributed by atoms with Gasteiger partial charge in [0, 0.05) is 6.08 Å². The molecule has 0 aliphatic rings. The fraction of sp³-hybridized carbons (Fsp3) is 0.462. The van der Waals surface area contributed by atoms with Gasteiger partial charge in [-0.2, -0.15) is 0 Å². The maximum atomic E-state index is 11.1. The predicted octanol–water partition coefficient (Wildman–Crippen LogP) is 1.46. The average Bonchev–Trinajstić information content (AvgIpc) is 2.40. The number of ether oxygens (including phenoxy) is 2. The number of hydrogen-bond donors (Lipinski definition) is 1. The lowest BCUT2D eigenvalue weighted by atomic mass is 10.1. The molecule has 6 nitrogen and oxygen atoms in total. The number of hydrogen-bond acceptors (Lipinski definition) is 5. The van der Waals surface area contributed by atoms with Crippen LogP contribution in [0.5, 0.6) is 0 Å². The molecule has 0 heterocycles. The Morgan fingerprint density at radius 3 is 2.42 bits per heavy atom. The van der Waals surface area contributed by atoms with Gasteiger partial charge in [0.15, 0.2) is 0 Å². The highest BCUT2D eigenvalue weighted by Gasteiger charge is 2.16. The molecule has 0 unspecified atom stereocenters. The molecule has 0 aliphatic carbocycles. The first-order valence-electron chi connectivity index (χ1n) is 5.83. The number of carbonyl (C=O) groups excluding carboxylic acids is 2. The van der Waals surface area contributed by atoms with E-state index < -0.39 is 17.9 Å². The number of methoxy groups -OCH3 is 1. The summed E-state index contributed by atoms with van der Waals surface area (Å²) in [4.78, 5) is 32.5. The number of carbonyl (C=O) groups is 3. The summed E-state index contributed by atoms with van der Waals surface area (Å²) in [5, 5.41) is 8.77. The van der Waals surface area contributed by atoms with Crippen molar-refractivity contribution in [3.63, 3.8) is 0 Å². The summed E-state index contributed by atoms with van der Waals surface area (Å²) < 4.78 is 9.13. The van der Waals surface area contributed by atoms with Crippen molar-refractivity contribution in [1.82, 2.24) is 0 Å². The molecule has 0 amide bonds. The van der Waals surface area contributed by atoms with E-state index in [1.165, 1.54) is 6.08 Å². The second-order valence-corrected chi connectivity index (χ2v) is 3.64. The number of carboxylic acids is 1. The molecule has 6 heteroatoms. The van der Waals surface area contributed by atoms with Crippen molar-refractivity contribution in [1.29, 1.82) is 0 Å². The molecule has 0 fully saturated rings. The quantitative estimate of drug-likeness (QED) is 0.224. The average molecular weight is 270 g/mol. The van der Waals surface area contributed by atoms with Gasteiger partial charge in [0.25, 0.3) is 0 Å². The summed E-state index contributed by atoms with van der Waals surface area (Å²) in [6.07, 6.45) is 5.01. The molecule has 19 heavy (non-hydrogen) atoms. The standard InChI is InChI=1S/C13H18O6/c1-3-11(14)19-9-7-5-4-6-8-10(12(15)16)13(17)18-2/h3,8H,1,4-7,9H2,2H3,(H,15,16). The van der Waals surface area contributed by atoms with E-state index in [0.717, 1.165) is 19.6 Å². The molecular formula is C13H18O6. The fourth-order valence-corrected chi connectivity index (χ4v) is 1.27. The molecular weight excluding hydrogens is 252 g/mol. The van der Waals surface area contributed by atoms with E-state index in [9.17, 15) is 14.4 Å². The number of allylic oxidation sites excluding steroid dienone is 1. The summed E-state index contributed by atoms with van der Waals surface area (Å²) >= 11 is 0. The zero-order chi connectivity index (χ0) is 14.7. The topological polar surface area (TPSA) is 89.9 Å². The maximum Gasteiger partial charge on any atom is 0.344 e. The minimum atomic E-state index is -1.30. The third kappa shape index (κ3) is 7.75. The molecule has 106 valence electrons. The van der Waals surface area contributed by atoms with Crippen LogP contribution >= 0.6 is 0 Å². The van der Waals surface area contributed by atoms with Crippen LogP contribution in [0.3, 0.4) is 0 Å². The lowest BCUT2D eigenvalue weighted by molar-refractivity contribution is -0.142. The van der Waals surface area contributed by atoms with Gasteiger partial charge in [-0.3, -0.25) is 0 Å². The van der Waals surface area contributed by atoms with Crippen LogP contribution in [0.4, 0.5) is 0 Å². The maximum absolute atomic E-state index is 11.1. The summed E-state index contributed by atoms with van der Waals surface area (Å²) in [6.45, 7) is 3.57. The van der Waals surface area contributed by atoms with Crippen molar-refractivity contribution in [2.75, 3.05) is 13.7 Å². The Labute approximate surface area is 111 Å². The molecule has 0 saturated heterocycles. The van der Waals surface area contributed by atoms with Crippen molar-refractivity contribution in [3.8, 4) is 0 Å². The molecule has 0 saturated carbocycles. The van der Waals surface area contributed by atoms with E-state index in [0.29, 0.717) is 25.9 Å². The van der Waals surface area contributed by atoms with Crippen LogP contribution in [0.15, 0.2) is 24.3 Å². The zero-order valence-corrected chi connectivity index (χ0v) is 10.9. The van der Waals surface area contributed by atoms with Gasteiger partial charge in [0.1, 0.15) is 5.57 Å². The minimum absolute atomic E-state index is 0.303. The lowest BCUT2D eigenvalue weighted by Crippen LogP contribution is -2.13. The summed E-state index contributed by atoms with van der Waals surface area (Å²) in [5.74, 6) is -2.61. The first-order chi connectivity index (χ1) is 9.02. The molecule has 0 radical (unpaired) electrons. The highest BCUT2D eigenvalue weighted by atomic mass is 16.5. The number of esters is 2. The Balaban J connectivity index is 3.87. The van der Waals surface area contributed by atoms with Crippen molar-refractivity contribution in [3.05, 3.63) is 24.3 Å². The monoisotopic (exact) mass is 270 g/mol. The highest BCUT2D eigenvalue weighted by Crippen LogP contribution is 2.06. The van der Waals surface area contributed by atoms with Gasteiger partial charge in [-0.05, 0) is 25.7 Å². The second kappa shape index (κ2) is 9.87. The molecule has 1 N–H and O–H groups in total. The molecule has 0 aromatic carbocycles. The normalized spacial score (nSPS) is 10.7. The van der Waals surface area contributed by atoms with Gasteiger partial charge in [-0.1, -0.05) is 12.7 Å². The van der Waals surface area contributed by atoms with Crippen molar-refractivity contribution < 1.29 is 29.0 Å². The highest BCUT2D eigenvalue weighted by molar-refractivity contribution is 6.13. The van der Waals surface area contributed by atoms with Gasteiger partial charge in [-0.15, -0.1) is 0 Å². The predicted molar refractivity (Wildman–Crippen MR) is 67.4 cm³/mol. The fourth-order valence-electron chi connectivity index (χ4n) is 1.27. The van der Waals surface area contributed by atoms with Gasteiger partial charge >= 0.3 is 17.9 Å². The summed E-state index contributed by atoms with van der Waals surface area (Å²) in [6, 6.07) is 0. The second-order valence-electron chi connectivity index (χ2n) is 3.64. The van der Waals surface area contributed by atoms with E-state index in [1.54, 1.807) is 0 Å². The van der Waals surface area contributed by atoms with E-state index in [2.05, 4.69) is 11.3 Å². The van der Waals surface area contributed by atoms with Crippen LogP contribution in [0.25, 0.3) is 0 Å². The van der Waals surface area contributed by atoms with Crippen LogP contribution in [-0.4, -0.2) is 36.7 Å². The number of carboxylic acid groups (broad SMARTS) is 1. The van der Waals surface area contributed by atoms with Crippen molar-refractivity contribution >= 4 is 17.9 Å². The van der Waals surface area contributed by atoms with Crippen molar-refractivity contribution in [2.24, 2.45) is 0 Å². The van der Waals surface area contributed by atoms with Crippen LogP contribution in [-0.2, 0) is 23.9 Å². The van der Waals surface area contributed by atoms with E-state index in [1.807, 2.05) is 0 Å². The number of unbranched alkanes of at least 4 members (excludes halogenated alkanes) is 3. The van der Waals surface area contributed by atoms with Crippen LogP contribution in [0.2, 0.25) is 0 Å². The smallest absolute Gasteiger partial charge is 0.344 e. The molecule has 0 spiro atoms. The molecule has 0 aliphatic heterocycles. The molecule has 0 aromatic rings. The SMILES string of the molecule is C=CC(=O)OCCCCCC=C(C(=O)O)C(=O)OC.